The first-order chi connectivity index (χ1) is 8.41. The molecule has 0 spiro atoms. The van der Waals surface area contributed by atoms with Gasteiger partial charge in [0.1, 0.15) is 0 Å². The zero-order valence-electron chi connectivity index (χ0n) is 11.1. The molecule has 2 aromatic rings. The molecular formula is C13H16BNO3. The van der Waals surface area contributed by atoms with Gasteiger partial charge in [-0.25, -0.2) is 0 Å². The molecule has 1 aliphatic heterocycles. The number of hydrogen-bond acceptors (Lipinski definition) is 4. The predicted octanol–water partition coefficient (Wildman–Crippen LogP) is 2.13. The van der Waals surface area contributed by atoms with Gasteiger partial charge in [0.05, 0.1) is 23.7 Å². The molecule has 1 saturated heterocycles. The quantitative estimate of drug-likeness (QED) is 0.722. The van der Waals surface area contributed by atoms with Crippen LogP contribution in [0.5, 0.6) is 0 Å². The van der Waals surface area contributed by atoms with E-state index in [2.05, 4.69) is 4.98 Å². The average Bonchev–Trinajstić information content (AvgIpc) is 2.81. The van der Waals surface area contributed by atoms with E-state index in [0.29, 0.717) is 0 Å². The molecule has 0 radical (unpaired) electrons. The van der Waals surface area contributed by atoms with Crippen LogP contribution in [0.25, 0.3) is 10.8 Å². The topological polar surface area (TPSA) is 44.5 Å². The fraction of sp³-hybridized carbons (Fsp3) is 0.462. The van der Waals surface area contributed by atoms with Gasteiger partial charge >= 0.3 is 7.12 Å². The van der Waals surface area contributed by atoms with Gasteiger partial charge in [-0.05, 0) is 27.7 Å². The maximum absolute atomic E-state index is 6.02. The maximum Gasteiger partial charge on any atom is 0.497 e. The van der Waals surface area contributed by atoms with Crippen LogP contribution < -0.4 is 5.46 Å². The minimum Gasteiger partial charge on any atom is -0.471 e. The Hall–Kier alpha value is -1.33. The molecule has 18 heavy (non-hydrogen) atoms. The van der Waals surface area contributed by atoms with Crippen LogP contribution in [-0.2, 0) is 9.31 Å². The van der Waals surface area contributed by atoms with Gasteiger partial charge in [-0.15, -0.1) is 0 Å². The van der Waals surface area contributed by atoms with E-state index in [1.54, 1.807) is 24.9 Å². The third-order valence-corrected chi connectivity index (χ3v) is 3.94. The van der Waals surface area contributed by atoms with Crippen molar-refractivity contribution in [2.45, 2.75) is 38.9 Å². The number of rotatable bonds is 1. The Morgan fingerprint density at radius 2 is 1.67 bits per heavy atom. The highest BCUT2D eigenvalue weighted by molar-refractivity contribution is 6.65. The molecule has 3 rings (SSSR count). The van der Waals surface area contributed by atoms with Crippen LogP contribution in [0, 0.1) is 0 Å². The predicted molar refractivity (Wildman–Crippen MR) is 69.7 cm³/mol. The second kappa shape index (κ2) is 3.59. The first-order valence-electron chi connectivity index (χ1n) is 6.06. The van der Waals surface area contributed by atoms with Crippen molar-refractivity contribution in [3.8, 4) is 0 Å². The fourth-order valence-corrected chi connectivity index (χ4v) is 2.07. The summed E-state index contributed by atoms with van der Waals surface area (Å²) < 4.78 is 17.3. The number of pyridine rings is 1. The fourth-order valence-electron chi connectivity index (χ4n) is 2.07. The number of hydrogen-bond donors (Lipinski definition) is 0. The van der Waals surface area contributed by atoms with Crippen molar-refractivity contribution < 1.29 is 13.7 Å². The number of nitrogens with zero attached hydrogens (tertiary/aromatic N) is 1. The van der Waals surface area contributed by atoms with Crippen molar-refractivity contribution >= 4 is 23.4 Å². The first-order valence-corrected chi connectivity index (χ1v) is 6.06. The van der Waals surface area contributed by atoms with Gasteiger partial charge in [-0.3, -0.25) is 4.98 Å². The summed E-state index contributed by atoms with van der Waals surface area (Å²) in [5.74, 6) is 0. The minimum atomic E-state index is -0.399. The van der Waals surface area contributed by atoms with Crippen LogP contribution >= 0.6 is 0 Å². The van der Waals surface area contributed by atoms with Crippen LogP contribution in [0.3, 0.4) is 0 Å². The Bertz CT molecular complexity index is 575. The van der Waals surface area contributed by atoms with Crippen molar-refractivity contribution in [1.29, 1.82) is 0 Å². The van der Waals surface area contributed by atoms with E-state index in [-0.39, 0.29) is 11.2 Å². The van der Waals surface area contributed by atoms with Crippen molar-refractivity contribution in [2.75, 3.05) is 0 Å². The Morgan fingerprint density at radius 3 is 2.33 bits per heavy atom. The first kappa shape index (κ1) is 11.7. The zero-order valence-corrected chi connectivity index (χ0v) is 11.1. The summed E-state index contributed by atoms with van der Waals surface area (Å²) in [5, 5.41) is 1.95. The van der Waals surface area contributed by atoms with E-state index in [0.717, 1.165) is 16.2 Å². The smallest absolute Gasteiger partial charge is 0.471 e. The van der Waals surface area contributed by atoms with Gasteiger partial charge < -0.3 is 13.7 Å². The molecule has 1 aliphatic rings. The van der Waals surface area contributed by atoms with Crippen LogP contribution in [-0.4, -0.2) is 23.3 Å². The number of fused-ring (bicyclic) bond motifs is 1. The molecule has 0 amide bonds. The summed E-state index contributed by atoms with van der Waals surface area (Å²) in [6, 6.07) is 0. The van der Waals surface area contributed by atoms with Gasteiger partial charge in [0.15, 0.2) is 0 Å². The van der Waals surface area contributed by atoms with Gasteiger partial charge in [-0.1, -0.05) is 0 Å². The van der Waals surface area contributed by atoms with Crippen molar-refractivity contribution in [3.63, 3.8) is 0 Å². The molecule has 0 aliphatic carbocycles. The molecule has 0 atom stereocenters. The van der Waals surface area contributed by atoms with Crippen molar-refractivity contribution in [2.24, 2.45) is 0 Å². The molecule has 3 heterocycles. The summed E-state index contributed by atoms with van der Waals surface area (Å²) in [7, 11) is -0.399. The average molecular weight is 245 g/mol. The highest BCUT2D eigenvalue weighted by atomic mass is 16.7. The van der Waals surface area contributed by atoms with Gasteiger partial charge in [0, 0.05) is 28.6 Å². The van der Waals surface area contributed by atoms with E-state index in [1.807, 2.05) is 27.7 Å². The van der Waals surface area contributed by atoms with Crippen LogP contribution in [0.1, 0.15) is 27.7 Å². The molecule has 0 N–H and O–H groups in total. The van der Waals surface area contributed by atoms with E-state index in [4.69, 9.17) is 13.7 Å². The van der Waals surface area contributed by atoms with Crippen LogP contribution in [0.15, 0.2) is 29.3 Å². The van der Waals surface area contributed by atoms with E-state index in [9.17, 15) is 0 Å². The summed E-state index contributed by atoms with van der Waals surface area (Å²) in [4.78, 5) is 4.21. The SMILES string of the molecule is CC1(C)OB(c2cncc3cocc23)OC1(C)C. The van der Waals surface area contributed by atoms with Crippen LogP contribution in [0.2, 0.25) is 0 Å². The van der Waals surface area contributed by atoms with Gasteiger partial charge in [-0.2, -0.15) is 0 Å². The highest BCUT2D eigenvalue weighted by Crippen LogP contribution is 2.36. The second-order valence-electron chi connectivity index (χ2n) is 5.69. The zero-order chi connectivity index (χ0) is 13.0. The molecule has 2 aromatic heterocycles. The van der Waals surface area contributed by atoms with Gasteiger partial charge in [0.25, 0.3) is 0 Å². The third kappa shape index (κ3) is 1.58. The van der Waals surface area contributed by atoms with E-state index in [1.165, 1.54) is 0 Å². The van der Waals surface area contributed by atoms with E-state index < -0.39 is 7.12 Å². The normalized spacial score (nSPS) is 21.7. The lowest BCUT2D eigenvalue weighted by Crippen LogP contribution is -2.41. The maximum atomic E-state index is 6.02. The Balaban J connectivity index is 2.05. The molecular weight excluding hydrogens is 229 g/mol. The molecule has 0 unspecified atom stereocenters. The Kier molecular flexibility index (Phi) is 2.34. The molecule has 0 aromatic carbocycles. The molecule has 0 saturated carbocycles. The van der Waals surface area contributed by atoms with Crippen LogP contribution in [0.4, 0.5) is 0 Å². The summed E-state index contributed by atoms with van der Waals surface area (Å²) in [5.41, 5.74) is 0.229. The minimum absolute atomic E-state index is 0.344. The lowest BCUT2D eigenvalue weighted by Gasteiger charge is -2.32. The summed E-state index contributed by atoms with van der Waals surface area (Å²) in [6.45, 7) is 8.15. The van der Waals surface area contributed by atoms with E-state index >= 15 is 0 Å². The summed E-state index contributed by atoms with van der Waals surface area (Å²) >= 11 is 0. The Labute approximate surface area is 106 Å². The molecule has 4 nitrogen and oxygen atoms in total. The second-order valence-corrected chi connectivity index (χ2v) is 5.69. The van der Waals surface area contributed by atoms with Gasteiger partial charge in [0.2, 0.25) is 0 Å². The largest absolute Gasteiger partial charge is 0.497 e. The highest BCUT2D eigenvalue weighted by Gasteiger charge is 2.52. The number of furan rings is 1. The molecule has 1 fully saturated rings. The Morgan fingerprint density at radius 1 is 1.00 bits per heavy atom. The van der Waals surface area contributed by atoms with Crippen molar-refractivity contribution in [3.05, 3.63) is 24.9 Å². The monoisotopic (exact) mass is 245 g/mol. The molecule has 94 valence electrons. The lowest BCUT2D eigenvalue weighted by molar-refractivity contribution is 0.00578. The summed E-state index contributed by atoms with van der Waals surface area (Å²) in [6.07, 6.45) is 6.93. The molecule has 0 bridgehead atoms. The molecule has 5 heteroatoms. The lowest BCUT2D eigenvalue weighted by atomic mass is 9.78. The standard InChI is InChI=1S/C13H16BNO3/c1-12(2)13(3,4)18-14(17-12)11-6-15-5-9-7-16-8-10(9)11/h5-8H,1-4H3. The number of aromatic nitrogens is 1. The third-order valence-electron chi connectivity index (χ3n) is 3.94. The van der Waals surface area contributed by atoms with Crippen molar-refractivity contribution in [1.82, 2.24) is 4.98 Å².